The topological polar surface area (TPSA) is 29.9 Å². The number of nitrogens with zero attached hydrogens (tertiary/aromatic N) is 2. The molecule has 1 aliphatic rings. The van der Waals surface area contributed by atoms with E-state index in [1.54, 1.807) is 0 Å². The molecule has 1 aliphatic heterocycles. The van der Waals surface area contributed by atoms with Gasteiger partial charge in [-0.1, -0.05) is 13.0 Å². The molecular formula is C12H19N3. The maximum atomic E-state index is 4.14. The Hall–Kier alpha value is -1.09. The molecular weight excluding hydrogens is 186 g/mol. The fraction of sp³-hybridized carbons (Fsp3) is 0.583. The van der Waals surface area contributed by atoms with Crippen molar-refractivity contribution in [3.8, 4) is 0 Å². The van der Waals surface area contributed by atoms with Crippen LogP contribution in [-0.2, 0) is 7.05 Å². The molecule has 1 aromatic heterocycles. The zero-order chi connectivity index (χ0) is 10.7. The van der Waals surface area contributed by atoms with Crippen molar-refractivity contribution in [1.82, 2.24) is 15.1 Å². The predicted octanol–water partition coefficient (Wildman–Crippen LogP) is 1.82. The molecule has 2 rings (SSSR count). The van der Waals surface area contributed by atoms with Gasteiger partial charge in [0.05, 0.1) is 5.69 Å². The van der Waals surface area contributed by atoms with E-state index in [0.717, 1.165) is 18.2 Å². The number of piperidine rings is 1. The first-order valence-corrected chi connectivity index (χ1v) is 5.65. The highest BCUT2D eigenvalue weighted by molar-refractivity contribution is 5.45. The number of aromatic nitrogens is 2. The van der Waals surface area contributed by atoms with Gasteiger partial charge < -0.3 is 5.32 Å². The van der Waals surface area contributed by atoms with Gasteiger partial charge in [-0.3, -0.25) is 4.68 Å². The van der Waals surface area contributed by atoms with Crippen LogP contribution in [0.5, 0.6) is 0 Å². The van der Waals surface area contributed by atoms with E-state index < -0.39 is 0 Å². The maximum Gasteiger partial charge on any atom is 0.0603 e. The van der Waals surface area contributed by atoms with E-state index in [-0.39, 0.29) is 0 Å². The van der Waals surface area contributed by atoms with Crippen LogP contribution >= 0.6 is 0 Å². The van der Waals surface area contributed by atoms with Crippen LogP contribution < -0.4 is 5.32 Å². The molecule has 1 N–H and O–H groups in total. The van der Waals surface area contributed by atoms with Gasteiger partial charge >= 0.3 is 0 Å². The zero-order valence-electron chi connectivity index (χ0n) is 9.48. The molecule has 82 valence electrons. The van der Waals surface area contributed by atoms with Crippen molar-refractivity contribution in [3.63, 3.8) is 0 Å². The van der Waals surface area contributed by atoms with Crippen LogP contribution in [0.3, 0.4) is 0 Å². The van der Waals surface area contributed by atoms with Gasteiger partial charge in [0.15, 0.2) is 0 Å². The summed E-state index contributed by atoms with van der Waals surface area (Å²) in [5.74, 6) is 0.840. The molecule has 0 saturated carbocycles. The molecule has 0 aromatic carbocycles. The minimum atomic E-state index is 0.531. The van der Waals surface area contributed by atoms with Crippen molar-refractivity contribution in [2.45, 2.75) is 25.8 Å². The van der Waals surface area contributed by atoms with Gasteiger partial charge in [-0.25, -0.2) is 0 Å². The highest BCUT2D eigenvalue weighted by Gasteiger charge is 2.15. The number of aryl methyl sites for hydroxylation is 1. The van der Waals surface area contributed by atoms with Crippen molar-refractivity contribution < 1.29 is 0 Å². The van der Waals surface area contributed by atoms with E-state index in [9.17, 15) is 0 Å². The van der Waals surface area contributed by atoms with Crippen molar-refractivity contribution in [3.05, 3.63) is 24.0 Å². The van der Waals surface area contributed by atoms with E-state index in [0.29, 0.717) is 6.04 Å². The summed E-state index contributed by atoms with van der Waals surface area (Å²) < 4.78 is 1.89. The summed E-state index contributed by atoms with van der Waals surface area (Å²) in [7, 11) is 1.97. The van der Waals surface area contributed by atoms with Crippen LogP contribution in [0, 0.1) is 5.92 Å². The Labute approximate surface area is 91.2 Å². The van der Waals surface area contributed by atoms with E-state index in [1.165, 1.54) is 12.8 Å². The lowest BCUT2D eigenvalue weighted by Crippen LogP contribution is -2.35. The Morgan fingerprint density at radius 2 is 2.47 bits per heavy atom. The van der Waals surface area contributed by atoms with E-state index in [2.05, 4.69) is 29.5 Å². The molecule has 1 fully saturated rings. The number of rotatable bonds is 2. The van der Waals surface area contributed by atoms with Gasteiger partial charge in [0.1, 0.15) is 0 Å². The molecule has 3 nitrogen and oxygen atoms in total. The van der Waals surface area contributed by atoms with Crippen molar-refractivity contribution in [2.75, 3.05) is 6.54 Å². The summed E-state index contributed by atoms with van der Waals surface area (Å²) in [5, 5.41) is 7.66. The molecule has 0 amide bonds. The average molecular weight is 205 g/mol. The van der Waals surface area contributed by atoms with Crippen LogP contribution in [0.15, 0.2) is 18.3 Å². The van der Waals surface area contributed by atoms with Crippen molar-refractivity contribution in [1.29, 1.82) is 0 Å². The van der Waals surface area contributed by atoms with Gasteiger partial charge in [0, 0.05) is 19.3 Å². The second-order valence-corrected chi connectivity index (χ2v) is 4.43. The molecule has 0 aliphatic carbocycles. The Bertz CT molecular complexity index is 340. The van der Waals surface area contributed by atoms with E-state index in [4.69, 9.17) is 0 Å². The monoisotopic (exact) mass is 205 g/mol. The van der Waals surface area contributed by atoms with Crippen LogP contribution in [-0.4, -0.2) is 22.4 Å². The Morgan fingerprint density at radius 3 is 3.13 bits per heavy atom. The highest BCUT2D eigenvalue weighted by Crippen LogP contribution is 2.16. The molecule has 2 heterocycles. The van der Waals surface area contributed by atoms with Crippen LogP contribution in [0.4, 0.5) is 0 Å². The Morgan fingerprint density at radius 1 is 1.60 bits per heavy atom. The van der Waals surface area contributed by atoms with Gasteiger partial charge in [-0.15, -0.1) is 0 Å². The smallest absolute Gasteiger partial charge is 0.0603 e. The van der Waals surface area contributed by atoms with Crippen LogP contribution in [0.2, 0.25) is 0 Å². The average Bonchev–Trinajstić information content (AvgIpc) is 2.61. The zero-order valence-corrected chi connectivity index (χ0v) is 9.48. The molecule has 3 heteroatoms. The summed E-state index contributed by atoms with van der Waals surface area (Å²) in [6, 6.07) is 2.56. The summed E-state index contributed by atoms with van der Waals surface area (Å²) in [6.07, 6.45) is 8.79. The number of hydrogen-bond donors (Lipinski definition) is 1. The molecule has 1 aromatic rings. The molecule has 0 spiro atoms. The maximum absolute atomic E-state index is 4.14. The molecule has 2 unspecified atom stereocenters. The predicted molar refractivity (Wildman–Crippen MR) is 62.4 cm³/mol. The number of hydrogen-bond acceptors (Lipinski definition) is 2. The van der Waals surface area contributed by atoms with Crippen molar-refractivity contribution in [2.24, 2.45) is 13.0 Å². The molecule has 15 heavy (non-hydrogen) atoms. The molecule has 0 radical (unpaired) electrons. The van der Waals surface area contributed by atoms with Crippen LogP contribution in [0.25, 0.3) is 6.08 Å². The first-order valence-electron chi connectivity index (χ1n) is 5.65. The van der Waals surface area contributed by atoms with Gasteiger partial charge in [-0.2, -0.15) is 5.10 Å². The first-order chi connectivity index (χ1) is 7.25. The lowest BCUT2D eigenvalue weighted by molar-refractivity contribution is 0.357. The van der Waals surface area contributed by atoms with E-state index >= 15 is 0 Å². The highest BCUT2D eigenvalue weighted by atomic mass is 15.2. The third kappa shape index (κ3) is 2.69. The molecule has 1 saturated heterocycles. The SMILES string of the molecule is CC1CCNC(/C=C/c2ccnn2C)C1. The summed E-state index contributed by atoms with van der Waals surface area (Å²) in [6.45, 7) is 3.47. The van der Waals surface area contributed by atoms with Gasteiger partial charge in [-0.05, 0) is 37.4 Å². The summed E-state index contributed by atoms with van der Waals surface area (Å²) in [5.41, 5.74) is 1.16. The van der Waals surface area contributed by atoms with Gasteiger partial charge in [0.25, 0.3) is 0 Å². The number of nitrogens with one attached hydrogen (secondary N) is 1. The standard InChI is InChI=1S/C12H19N3/c1-10-5-7-13-11(9-10)3-4-12-6-8-14-15(12)2/h3-4,6,8,10-11,13H,5,7,9H2,1-2H3/b4-3+. The normalized spacial score (nSPS) is 27.3. The molecule has 0 bridgehead atoms. The van der Waals surface area contributed by atoms with Gasteiger partial charge in [0.2, 0.25) is 0 Å². The fourth-order valence-corrected chi connectivity index (χ4v) is 2.06. The quantitative estimate of drug-likeness (QED) is 0.798. The first kappa shape index (κ1) is 10.4. The Kier molecular flexibility index (Phi) is 3.21. The largest absolute Gasteiger partial charge is 0.310 e. The third-order valence-corrected chi connectivity index (χ3v) is 3.06. The van der Waals surface area contributed by atoms with Crippen molar-refractivity contribution >= 4 is 6.08 Å². The lowest BCUT2D eigenvalue weighted by atomic mass is 9.94. The second kappa shape index (κ2) is 4.62. The minimum Gasteiger partial charge on any atom is -0.310 e. The molecule has 2 atom stereocenters. The third-order valence-electron chi connectivity index (χ3n) is 3.06. The summed E-state index contributed by atoms with van der Waals surface area (Å²) >= 11 is 0. The van der Waals surface area contributed by atoms with E-state index in [1.807, 2.05) is 24.0 Å². The second-order valence-electron chi connectivity index (χ2n) is 4.43. The lowest BCUT2D eigenvalue weighted by Gasteiger charge is -2.25. The summed E-state index contributed by atoms with van der Waals surface area (Å²) in [4.78, 5) is 0. The minimum absolute atomic E-state index is 0.531. The van der Waals surface area contributed by atoms with Crippen LogP contribution in [0.1, 0.15) is 25.5 Å². The fourth-order valence-electron chi connectivity index (χ4n) is 2.06. The Balaban J connectivity index is 1.96.